The van der Waals surface area contributed by atoms with Gasteiger partial charge in [-0.25, -0.2) is 0 Å². The minimum absolute atomic E-state index is 0.140. The lowest BCUT2D eigenvalue weighted by Gasteiger charge is -2.26. The summed E-state index contributed by atoms with van der Waals surface area (Å²) >= 11 is 0. The van der Waals surface area contributed by atoms with Gasteiger partial charge in [0.25, 0.3) is 0 Å². The predicted molar refractivity (Wildman–Crippen MR) is 72.1 cm³/mol. The van der Waals surface area contributed by atoms with Gasteiger partial charge in [-0.15, -0.1) is 0 Å². The molecule has 106 valence electrons. The maximum absolute atomic E-state index is 12.1. The quantitative estimate of drug-likeness (QED) is 0.628. The van der Waals surface area contributed by atoms with E-state index in [0.717, 1.165) is 12.8 Å². The summed E-state index contributed by atoms with van der Waals surface area (Å²) in [5, 5.41) is 0. The molecule has 0 aliphatic carbocycles. The van der Waals surface area contributed by atoms with E-state index in [1.807, 2.05) is 0 Å². The van der Waals surface area contributed by atoms with Crippen molar-refractivity contribution in [1.82, 2.24) is 4.90 Å². The minimum Gasteiger partial charge on any atom is -0.469 e. The number of amides is 1. The van der Waals surface area contributed by atoms with Crippen molar-refractivity contribution in [3.63, 3.8) is 0 Å². The molecule has 0 radical (unpaired) electrons. The molecule has 0 fully saturated rings. The van der Waals surface area contributed by atoms with Crippen molar-refractivity contribution in [2.24, 2.45) is 11.8 Å². The Morgan fingerprint density at radius 2 is 1.78 bits per heavy atom. The van der Waals surface area contributed by atoms with Crippen LogP contribution in [0.1, 0.15) is 47.0 Å². The van der Waals surface area contributed by atoms with Crippen molar-refractivity contribution in [3.05, 3.63) is 0 Å². The van der Waals surface area contributed by atoms with Gasteiger partial charge in [-0.2, -0.15) is 0 Å². The smallest absolute Gasteiger partial charge is 0.310 e. The number of rotatable bonds is 8. The maximum Gasteiger partial charge on any atom is 0.310 e. The van der Waals surface area contributed by atoms with Crippen molar-refractivity contribution in [2.75, 3.05) is 20.2 Å². The zero-order chi connectivity index (χ0) is 14.1. The minimum atomic E-state index is -0.265. The van der Waals surface area contributed by atoms with E-state index in [4.69, 9.17) is 4.74 Å². The molecule has 0 aromatic rings. The van der Waals surface area contributed by atoms with Crippen LogP contribution in [0.4, 0.5) is 0 Å². The SMILES string of the molecule is CCCCC(=O)N(CC(C)C)CC(C)C(=O)OC. The second-order valence-electron chi connectivity index (χ2n) is 5.22. The zero-order valence-corrected chi connectivity index (χ0v) is 12.4. The van der Waals surface area contributed by atoms with Gasteiger partial charge < -0.3 is 9.64 Å². The van der Waals surface area contributed by atoms with Gasteiger partial charge in [-0.05, 0) is 12.3 Å². The number of methoxy groups -OCH3 is 1. The lowest BCUT2D eigenvalue weighted by molar-refractivity contribution is -0.146. The largest absolute Gasteiger partial charge is 0.469 e. The Hall–Kier alpha value is -1.06. The van der Waals surface area contributed by atoms with Crippen molar-refractivity contribution in [3.8, 4) is 0 Å². The van der Waals surface area contributed by atoms with Gasteiger partial charge >= 0.3 is 5.97 Å². The van der Waals surface area contributed by atoms with Gasteiger partial charge in [0.2, 0.25) is 5.91 Å². The highest BCUT2D eigenvalue weighted by Crippen LogP contribution is 2.09. The number of unbranched alkanes of at least 4 members (excludes halogenated alkanes) is 1. The second kappa shape index (κ2) is 8.95. The Labute approximate surface area is 111 Å². The molecule has 0 aromatic carbocycles. The van der Waals surface area contributed by atoms with Crippen LogP contribution in [0.2, 0.25) is 0 Å². The lowest BCUT2D eigenvalue weighted by Crippen LogP contribution is -2.39. The van der Waals surface area contributed by atoms with Crippen LogP contribution in [0.5, 0.6) is 0 Å². The molecular formula is C14H27NO3. The Bertz CT molecular complexity index is 264. The van der Waals surface area contributed by atoms with Crippen LogP contribution in [0.3, 0.4) is 0 Å². The molecule has 4 heteroatoms. The molecule has 1 atom stereocenters. The first kappa shape index (κ1) is 16.9. The summed E-state index contributed by atoms with van der Waals surface area (Å²) in [5.74, 6) is 0.0214. The molecule has 0 N–H and O–H groups in total. The number of hydrogen-bond donors (Lipinski definition) is 0. The summed E-state index contributed by atoms with van der Waals surface area (Å²) < 4.78 is 4.70. The third-order valence-corrected chi connectivity index (χ3v) is 2.78. The summed E-state index contributed by atoms with van der Waals surface area (Å²) in [6.45, 7) is 9.16. The average Bonchev–Trinajstić information content (AvgIpc) is 2.33. The molecule has 0 heterocycles. The summed E-state index contributed by atoms with van der Waals surface area (Å²) in [6.07, 6.45) is 2.48. The highest BCUT2D eigenvalue weighted by atomic mass is 16.5. The van der Waals surface area contributed by atoms with Crippen LogP contribution >= 0.6 is 0 Å². The Kier molecular flexibility index (Phi) is 8.42. The highest BCUT2D eigenvalue weighted by Gasteiger charge is 2.21. The molecule has 0 spiro atoms. The standard InChI is InChI=1S/C14H27NO3/c1-6-7-8-13(16)15(9-11(2)3)10-12(4)14(17)18-5/h11-12H,6-10H2,1-5H3. The van der Waals surface area contributed by atoms with Crippen LogP contribution in [0.25, 0.3) is 0 Å². The fourth-order valence-electron chi connectivity index (χ4n) is 1.81. The first-order valence-electron chi connectivity index (χ1n) is 6.77. The van der Waals surface area contributed by atoms with Crippen molar-refractivity contribution in [1.29, 1.82) is 0 Å². The summed E-state index contributed by atoms with van der Waals surface area (Å²) in [7, 11) is 1.38. The van der Waals surface area contributed by atoms with E-state index in [9.17, 15) is 9.59 Å². The van der Waals surface area contributed by atoms with Crippen molar-refractivity contribution >= 4 is 11.9 Å². The topological polar surface area (TPSA) is 46.6 Å². The molecule has 0 aliphatic heterocycles. The van der Waals surface area contributed by atoms with Crippen LogP contribution in [-0.2, 0) is 14.3 Å². The Morgan fingerprint density at radius 3 is 2.22 bits per heavy atom. The van der Waals surface area contributed by atoms with E-state index < -0.39 is 0 Å². The van der Waals surface area contributed by atoms with Gasteiger partial charge in [0.15, 0.2) is 0 Å². The molecule has 4 nitrogen and oxygen atoms in total. The highest BCUT2D eigenvalue weighted by molar-refractivity contribution is 5.77. The molecule has 0 rings (SSSR count). The molecule has 1 unspecified atom stereocenters. The maximum atomic E-state index is 12.1. The van der Waals surface area contributed by atoms with E-state index in [2.05, 4.69) is 20.8 Å². The molecule has 1 amide bonds. The van der Waals surface area contributed by atoms with E-state index >= 15 is 0 Å². The van der Waals surface area contributed by atoms with Gasteiger partial charge in [0.1, 0.15) is 0 Å². The second-order valence-corrected chi connectivity index (χ2v) is 5.22. The van der Waals surface area contributed by atoms with Gasteiger partial charge in [-0.3, -0.25) is 9.59 Å². The van der Waals surface area contributed by atoms with Gasteiger partial charge in [0, 0.05) is 19.5 Å². The molecule has 0 saturated carbocycles. The fraction of sp³-hybridized carbons (Fsp3) is 0.857. The molecular weight excluding hydrogens is 230 g/mol. The number of esters is 1. The molecule has 0 saturated heterocycles. The van der Waals surface area contributed by atoms with Crippen molar-refractivity contribution in [2.45, 2.75) is 47.0 Å². The van der Waals surface area contributed by atoms with E-state index in [0.29, 0.717) is 25.4 Å². The van der Waals surface area contributed by atoms with E-state index in [1.165, 1.54) is 7.11 Å². The van der Waals surface area contributed by atoms with Crippen LogP contribution in [-0.4, -0.2) is 37.0 Å². The number of carbonyl (C=O) groups excluding carboxylic acids is 2. The number of ether oxygens (including phenoxy) is 1. The Morgan fingerprint density at radius 1 is 1.17 bits per heavy atom. The molecule has 0 bridgehead atoms. The van der Waals surface area contributed by atoms with Gasteiger partial charge in [0.05, 0.1) is 13.0 Å². The summed E-state index contributed by atoms with van der Waals surface area (Å²) in [5.41, 5.74) is 0. The molecule has 18 heavy (non-hydrogen) atoms. The summed E-state index contributed by atoms with van der Waals surface area (Å²) in [4.78, 5) is 25.3. The normalized spacial score (nSPS) is 12.3. The number of nitrogens with zero attached hydrogens (tertiary/aromatic N) is 1. The number of carbonyl (C=O) groups is 2. The van der Waals surface area contributed by atoms with Crippen LogP contribution < -0.4 is 0 Å². The third kappa shape index (κ3) is 6.62. The van der Waals surface area contributed by atoms with E-state index in [-0.39, 0.29) is 17.8 Å². The fourth-order valence-corrected chi connectivity index (χ4v) is 1.81. The lowest BCUT2D eigenvalue weighted by atomic mass is 10.1. The monoisotopic (exact) mass is 257 g/mol. The summed E-state index contributed by atoms with van der Waals surface area (Å²) in [6, 6.07) is 0. The molecule has 0 aliphatic rings. The number of hydrogen-bond acceptors (Lipinski definition) is 3. The first-order chi connectivity index (χ1) is 8.42. The van der Waals surface area contributed by atoms with Crippen molar-refractivity contribution < 1.29 is 14.3 Å². The predicted octanol–water partition coefficient (Wildman–Crippen LogP) is 2.47. The van der Waals surface area contributed by atoms with Crippen LogP contribution in [0.15, 0.2) is 0 Å². The zero-order valence-electron chi connectivity index (χ0n) is 12.4. The van der Waals surface area contributed by atoms with Crippen LogP contribution in [0, 0.1) is 11.8 Å². The molecule has 0 aromatic heterocycles. The van der Waals surface area contributed by atoms with Gasteiger partial charge in [-0.1, -0.05) is 34.1 Å². The third-order valence-electron chi connectivity index (χ3n) is 2.78. The average molecular weight is 257 g/mol. The van der Waals surface area contributed by atoms with E-state index in [1.54, 1.807) is 11.8 Å². The Balaban J connectivity index is 4.47. The first-order valence-corrected chi connectivity index (χ1v) is 6.77.